The molecular formula is C10H7F3N4OS. The minimum absolute atomic E-state index is 0.111. The SMILES string of the molecule is O=c1[nH]c(=S)[nH]cc1Cc1cnc(C(F)(F)F)nc1. The summed E-state index contributed by atoms with van der Waals surface area (Å²) in [7, 11) is 0. The van der Waals surface area contributed by atoms with Gasteiger partial charge < -0.3 is 4.98 Å². The van der Waals surface area contributed by atoms with Crippen molar-refractivity contribution in [1.82, 2.24) is 19.9 Å². The highest BCUT2D eigenvalue weighted by Gasteiger charge is 2.34. The molecule has 0 amide bonds. The van der Waals surface area contributed by atoms with Crippen LogP contribution in [0.15, 0.2) is 23.4 Å². The normalized spacial score (nSPS) is 11.5. The van der Waals surface area contributed by atoms with E-state index in [-0.39, 0.29) is 11.2 Å². The van der Waals surface area contributed by atoms with E-state index in [0.717, 1.165) is 12.4 Å². The Balaban J connectivity index is 2.25. The predicted octanol–water partition coefficient (Wildman–Crippen LogP) is 1.83. The highest BCUT2D eigenvalue weighted by molar-refractivity contribution is 7.71. The van der Waals surface area contributed by atoms with E-state index >= 15 is 0 Å². The number of halogens is 3. The smallest absolute Gasteiger partial charge is 0.338 e. The number of nitrogens with one attached hydrogen (secondary N) is 2. The van der Waals surface area contributed by atoms with Gasteiger partial charge in [-0.3, -0.25) is 9.78 Å². The van der Waals surface area contributed by atoms with Crippen LogP contribution in [0.1, 0.15) is 17.0 Å². The highest BCUT2D eigenvalue weighted by atomic mass is 32.1. The number of nitrogens with zero attached hydrogens (tertiary/aromatic N) is 2. The molecule has 5 nitrogen and oxygen atoms in total. The summed E-state index contributed by atoms with van der Waals surface area (Å²) in [6.45, 7) is 0. The topological polar surface area (TPSA) is 74.4 Å². The van der Waals surface area contributed by atoms with Crippen LogP contribution in [-0.2, 0) is 12.6 Å². The quantitative estimate of drug-likeness (QED) is 0.827. The van der Waals surface area contributed by atoms with E-state index in [4.69, 9.17) is 12.2 Å². The van der Waals surface area contributed by atoms with Crippen LogP contribution in [-0.4, -0.2) is 19.9 Å². The van der Waals surface area contributed by atoms with E-state index in [1.54, 1.807) is 0 Å². The summed E-state index contributed by atoms with van der Waals surface area (Å²) in [4.78, 5) is 22.9. The van der Waals surface area contributed by atoms with Crippen LogP contribution < -0.4 is 5.56 Å². The Morgan fingerprint density at radius 1 is 1.26 bits per heavy atom. The Morgan fingerprint density at radius 2 is 1.89 bits per heavy atom. The summed E-state index contributed by atoms with van der Waals surface area (Å²) in [5.74, 6) is -1.21. The van der Waals surface area contributed by atoms with Gasteiger partial charge in [0.05, 0.1) is 0 Å². The van der Waals surface area contributed by atoms with Crippen molar-refractivity contribution < 1.29 is 13.2 Å². The summed E-state index contributed by atoms with van der Waals surface area (Å²) in [5.41, 5.74) is 0.324. The number of hydrogen-bond acceptors (Lipinski definition) is 4. The molecular weight excluding hydrogens is 281 g/mol. The first kappa shape index (κ1) is 13.4. The third-order valence-corrected chi connectivity index (χ3v) is 2.47. The molecule has 0 aliphatic rings. The molecule has 0 saturated carbocycles. The zero-order valence-corrected chi connectivity index (χ0v) is 10.1. The van der Waals surface area contributed by atoms with Gasteiger partial charge in [0.25, 0.3) is 5.56 Å². The lowest BCUT2D eigenvalue weighted by molar-refractivity contribution is -0.145. The zero-order chi connectivity index (χ0) is 14.0. The van der Waals surface area contributed by atoms with E-state index < -0.39 is 17.6 Å². The summed E-state index contributed by atoms with van der Waals surface area (Å²) >= 11 is 4.72. The maximum absolute atomic E-state index is 12.3. The van der Waals surface area contributed by atoms with Crippen molar-refractivity contribution in [2.75, 3.05) is 0 Å². The third kappa shape index (κ3) is 3.25. The first-order valence-corrected chi connectivity index (χ1v) is 5.46. The van der Waals surface area contributed by atoms with Crippen molar-refractivity contribution in [3.63, 3.8) is 0 Å². The molecule has 0 radical (unpaired) electrons. The summed E-state index contributed by atoms with van der Waals surface area (Å²) in [6.07, 6.45) is -0.986. The van der Waals surface area contributed by atoms with Crippen molar-refractivity contribution in [2.45, 2.75) is 12.6 Å². The molecule has 100 valence electrons. The van der Waals surface area contributed by atoms with Gasteiger partial charge in [0, 0.05) is 30.6 Å². The number of hydrogen-bond donors (Lipinski definition) is 2. The van der Waals surface area contributed by atoms with E-state index in [9.17, 15) is 18.0 Å². The Labute approximate surface area is 109 Å². The molecule has 0 atom stereocenters. The van der Waals surface area contributed by atoms with E-state index in [0.29, 0.717) is 11.1 Å². The third-order valence-electron chi connectivity index (χ3n) is 2.25. The number of alkyl halides is 3. The molecule has 2 heterocycles. The molecule has 19 heavy (non-hydrogen) atoms. The summed E-state index contributed by atoms with van der Waals surface area (Å²) in [6, 6.07) is 0. The zero-order valence-electron chi connectivity index (χ0n) is 9.28. The van der Waals surface area contributed by atoms with Crippen molar-refractivity contribution >= 4 is 12.2 Å². The van der Waals surface area contributed by atoms with Gasteiger partial charge in [-0.15, -0.1) is 0 Å². The van der Waals surface area contributed by atoms with Crippen molar-refractivity contribution in [3.8, 4) is 0 Å². The lowest BCUT2D eigenvalue weighted by Crippen LogP contribution is -2.15. The van der Waals surface area contributed by atoms with Crippen molar-refractivity contribution in [1.29, 1.82) is 0 Å². The van der Waals surface area contributed by atoms with Crippen molar-refractivity contribution in [2.24, 2.45) is 0 Å². The fraction of sp³-hybridized carbons (Fsp3) is 0.200. The van der Waals surface area contributed by atoms with Crippen LogP contribution in [0.3, 0.4) is 0 Å². The van der Waals surface area contributed by atoms with Gasteiger partial charge in [0.15, 0.2) is 4.77 Å². The number of aromatic amines is 2. The minimum Gasteiger partial charge on any atom is -0.338 e. The summed E-state index contributed by atoms with van der Waals surface area (Å²) < 4.78 is 37.0. The molecule has 2 aromatic heterocycles. The van der Waals surface area contributed by atoms with Crippen LogP contribution in [0.5, 0.6) is 0 Å². The van der Waals surface area contributed by atoms with Crippen LogP contribution in [0, 0.1) is 4.77 Å². The minimum atomic E-state index is -4.58. The van der Waals surface area contributed by atoms with Crippen LogP contribution in [0.4, 0.5) is 13.2 Å². The number of rotatable bonds is 2. The molecule has 0 bridgehead atoms. The Bertz CT molecular complexity index is 689. The first-order chi connectivity index (χ1) is 8.86. The Hall–Kier alpha value is -2.03. The molecule has 0 unspecified atom stereocenters. The highest BCUT2D eigenvalue weighted by Crippen LogP contribution is 2.25. The second kappa shape index (κ2) is 4.92. The van der Waals surface area contributed by atoms with Gasteiger partial charge in [-0.05, 0) is 17.8 Å². The molecule has 0 aliphatic carbocycles. The van der Waals surface area contributed by atoms with Gasteiger partial charge in [-0.2, -0.15) is 13.2 Å². The lowest BCUT2D eigenvalue weighted by atomic mass is 10.1. The van der Waals surface area contributed by atoms with Gasteiger partial charge in [0.2, 0.25) is 5.82 Å². The monoisotopic (exact) mass is 288 g/mol. The summed E-state index contributed by atoms with van der Waals surface area (Å²) in [5, 5.41) is 0. The molecule has 9 heteroatoms. The average Bonchev–Trinajstić information content (AvgIpc) is 2.32. The van der Waals surface area contributed by atoms with Crippen molar-refractivity contribution in [3.05, 3.63) is 50.7 Å². The van der Waals surface area contributed by atoms with Crippen LogP contribution >= 0.6 is 12.2 Å². The fourth-order valence-electron chi connectivity index (χ4n) is 1.38. The number of aromatic nitrogens is 4. The first-order valence-electron chi connectivity index (χ1n) is 5.05. The molecule has 0 spiro atoms. The largest absolute Gasteiger partial charge is 0.451 e. The molecule has 0 aliphatic heterocycles. The molecule has 0 saturated heterocycles. The van der Waals surface area contributed by atoms with E-state index in [1.165, 1.54) is 6.20 Å². The fourth-order valence-corrected chi connectivity index (χ4v) is 1.53. The number of H-pyrrole nitrogens is 2. The lowest BCUT2D eigenvalue weighted by Gasteiger charge is -2.05. The standard InChI is InChI=1S/C10H7F3N4OS/c11-10(12,13)8-14-2-5(3-15-8)1-6-4-16-9(19)17-7(6)18/h2-4H,1H2,(H2,16,17,18,19). The molecule has 0 fully saturated rings. The van der Waals surface area contributed by atoms with Gasteiger partial charge in [-0.1, -0.05) is 0 Å². The molecule has 2 rings (SSSR count). The van der Waals surface area contributed by atoms with Crippen LogP contribution in [0.2, 0.25) is 0 Å². The second-order valence-corrected chi connectivity index (χ2v) is 4.09. The van der Waals surface area contributed by atoms with Crippen LogP contribution in [0.25, 0.3) is 0 Å². The Morgan fingerprint density at radius 3 is 2.42 bits per heavy atom. The van der Waals surface area contributed by atoms with Gasteiger partial charge >= 0.3 is 6.18 Å². The van der Waals surface area contributed by atoms with E-state index in [1.807, 2.05) is 0 Å². The van der Waals surface area contributed by atoms with Gasteiger partial charge in [-0.25, -0.2) is 9.97 Å². The Kier molecular flexibility index (Phi) is 3.47. The average molecular weight is 288 g/mol. The second-order valence-electron chi connectivity index (χ2n) is 3.69. The predicted molar refractivity (Wildman–Crippen MR) is 62.1 cm³/mol. The molecule has 0 aromatic carbocycles. The molecule has 2 aromatic rings. The van der Waals surface area contributed by atoms with Gasteiger partial charge in [0.1, 0.15) is 0 Å². The van der Waals surface area contributed by atoms with E-state index in [2.05, 4.69) is 19.9 Å². The maximum Gasteiger partial charge on any atom is 0.451 e. The molecule has 2 N–H and O–H groups in total. The maximum atomic E-state index is 12.3.